The number of carbonyl (C=O) groups is 3. The minimum atomic E-state index is -0.330. The summed E-state index contributed by atoms with van der Waals surface area (Å²) in [4.78, 5) is 46.2. The number of benzene rings is 2. The van der Waals surface area contributed by atoms with Crippen LogP contribution in [0.4, 0.5) is 5.82 Å². The second-order valence-corrected chi connectivity index (χ2v) is 9.20. The molecule has 0 spiro atoms. The molecule has 7 nitrogen and oxygen atoms in total. The molecule has 0 bridgehead atoms. The maximum absolute atomic E-state index is 12.7. The smallest absolute Gasteiger partial charge is 0.255 e. The van der Waals surface area contributed by atoms with Gasteiger partial charge in [0.05, 0.1) is 5.56 Å². The average Bonchev–Trinajstić information content (AvgIpc) is 2.92. The molecular formula is C30H32N4O3. The van der Waals surface area contributed by atoms with Crippen LogP contribution in [0.25, 0.3) is 6.08 Å². The van der Waals surface area contributed by atoms with Gasteiger partial charge >= 0.3 is 0 Å². The van der Waals surface area contributed by atoms with Crippen LogP contribution in [-0.4, -0.2) is 65.1 Å². The van der Waals surface area contributed by atoms with E-state index in [1.807, 2.05) is 60.4 Å². The fourth-order valence-corrected chi connectivity index (χ4v) is 4.30. The third-order valence-corrected chi connectivity index (χ3v) is 6.45. The molecule has 2 heterocycles. The summed E-state index contributed by atoms with van der Waals surface area (Å²) in [5, 5.41) is 2.72. The zero-order chi connectivity index (χ0) is 26.2. The fourth-order valence-electron chi connectivity index (χ4n) is 4.30. The molecule has 7 heteroatoms. The number of nitrogens with one attached hydrogen (secondary N) is 1. The predicted molar refractivity (Wildman–Crippen MR) is 146 cm³/mol. The Labute approximate surface area is 217 Å². The lowest BCUT2D eigenvalue weighted by atomic mass is 10.00. The van der Waals surface area contributed by atoms with Crippen molar-refractivity contribution in [3.8, 4) is 0 Å². The van der Waals surface area contributed by atoms with Crippen molar-refractivity contribution in [1.82, 2.24) is 14.8 Å². The number of ketones is 1. The first kappa shape index (κ1) is 26.0. The molecule has 1 N–H and O–H groups in total. The van der Waals surface area contributed by atoms with Crippen molar-refractivity contribution in [2.45, 2.75) is 20.3 Å². The van der Waals surface area contributed by atoms with Crippen molar-refractivity contribution >= 4 is 29.5 Å². The first-order valence-electron chi connectivity index (χ1n) is 12.6. The first-order valence-corrected chi connectivity index (χ1v) is 12.6. The van der Waals surface area contributed by atoms with Crippen LogP contribution in [0.1, 0.15) is 44.3 Å². The van der Waals surface area contributed by atoms with Crippen LogP contribution in [-0.2, 0) is 11.2 Å². The maximum atomic E-state index is 12.7. The van der Waals surface area contributed by atoms with Gasteiger partial charge in [0.15, 0.2) is 5.78 Å². The Morgan fingerprint density at radius 1 is 0.946 bits per heavy atom. The van der Waals surface area contributed by atoms with Gasteiger partial charge in [-0.2, -0.15) is 0 Å². The van der Waals surface area contributed by atoms with E-state index in [1.54, 1.807) is 18.2 Å². The van der Waals surface area contributed by atoms with Gasteiger partial charge in [0.1, 0.15) is 5.82 Å². The van der Waals surface area contributed by atoms with Crippen molar-refractivity contribution in [3.63, 3.8) is 0 Å². The van der Waals surface area contributed by atoms with Crippen LogP contribution in [0.15, 0.2) is 72.9 Å². The summed E-state index contributed by atoms with van der Waals surface area (Å²) in [5.41, 5.74) is 3.96. The van der Waals surface area contributed by atoms with Gasteiger partial charge in [-0.25, -0.2) is 4.98 Å². The molecule has 190 valence electrons. The van der Waals surface area contributed by atoms with Crippen LogP contribution < -0.4 is 5.32 Å². The molecule has 2 aromatic carbocycles. The number of likely N-dealkylation sites (N-methyl/N-ethyl adjacent to an activating group) is 1. The van der Waals surface area contributed by atoms with Gasteiger partial charge in [0.25, 0.3) is 5.91 Å². The Hall–Kier alpha value is -4.10. The van der Waals surface area contributed by atoms with E-state index < -0.39 is 0 Å². The number of anilines is 1. The standard InChI is InChI=1S/C30H32N4O3/c1-3-33-14-16-34(17-15-33)30(37)26-11-12-28(31-21-26)32-29(36)13-10-23-7-5-8-24(19-23)20-27(35)25-9-4-6-22(2)18-25/h4-13,18-19,21H,3,14-17,20H2,1-2H3,(H,31,32,36)/b13-10+. The van der Waals surface area contributed by atoms with E-state index in [4.69, 9.17) is 0 Å². The van der Waals surface area contributed by atoms with E-state index >= 15 is 0 Å². The number of pyridine rings is 1. The molecule has 3 aromatic rings. The molecular weight excluding hydrogens is 464 g/mol. The number of hydrogen-bond donors (Lipinski definition) is 1. The van der Waals surface area contributed by atoms with E-state index in [2.05, 4.69) is 22.1 Å². The van der Waals surface area contributed by atoms with Gasteiger partial charge in [0, 0.05) is 50.4 Å². The number of aromatic nitrogens is 1. The normalized spacial score (nSPS) is 14.1. The predicted octanol–water partition coefficient (Wildman–Crippen LogP) is 4.25. The van der Waals surface area contributed by atoms with Crippen LogP contribution >= 0.6 is 0 Å². The highest BCUT2D eigenvalue weighted by molar-refractivity contribution is 6.02. The molecule has 0 unspecified atom stereocenters. The van der Waals surface area contributed by atoms with Crippen LogP contribution in [0.5, 0.6) is 0 Å². The molecule has 37 heavy (non-hydrogen) atoms. The summed E-state index contributed by atoms with van der Waals surface area (Å²) < 4.78 is 0. The Balaban J connectivity index is 1.31. The number of hydrogen-bond acceptors (Lipinski definition) is 5. The molecule has 1 aliphatic rings. The number of nitrogens with zero attached hydrogens (tertiary/aromatic N) is 3. The largest absolute Gasteiger partial charge is 0.336 e. The summed E-state index contributed by atoms with van der Waals surface area (Å²) in [6.45, 7) is 8.24. The van der Waals surface area contributed by atoms with Crippen molar-refractivity contribution in [2.24, 2.45) is 0 Å². The lowest BCUT2D eigenvalue weighted by molar-refractivity contribution is -0.111. The highest BCUT2D eigenvalue weighted by atomic mass is 16.2. The number of carbonyl (C=O) groups excluding carboxylic acids is 3. The summed E-state index contributed by atoms with van der Waals surface area (Å²) in [7, 11) is 0. The summed E-state index contributed by atoms with van der Waals surface area (Å²) >= 11 is 0. The number of rotatable bonds is 8. The van der Waals surface area contributed by atoms with Crippen molar-refractivity contribution in [3.05, 3.63) is 101 Å². The van der Waals surface area contributed by atoms with Crippen molar-refractivity contribution in [1.29, 1.82) is 0 Å². The van der Waals surface area contributed by atoms with Crippen LogP contribution in [0, 0.1) is 6.92 Å². The minimum Gasteiger partial charge on any atom is -0.336 e. The highest BCUT2D eigenvalue weighted by Crippen LogP contribution is 2.14. The van der Waals surface area contributed by atoms with Gasteiger partial charge in [-0.15, -0.1) is 0 Å². The number of amides is 2. The van der Waals surface area contributed by atoms with Crippen molar-refractivity contribution in [2.75, 3.05) is 38.0 Å². The molecule has 0 radical (unpaired) electrons. The highest BCUT2D eigenvalue weighted by Gasteiger charge is 2.21. The third kappa shape index (κ3) is 7.21. The molecule has 1 aliphatic heterocycles. The molecule has 1 saturated heterocycles. The lowest BCUT2D eigenvalue weighted by Gasteiger charge is -2.34. The SMILES string of the molecule is CCN1CCN(C(=O)c2ccc(NC(=O)/C=C/c3cccc(CC(=O)c4cccc(C)c4)c3)nc2)CC1. The molecule has 1 aromatic heterocycles. The monoisotopic (exact) mass is 496 g/mol. The molecule has 2 amide bonds. The zero-order valence-corrected chi connectivity index (χ0v) is 21.3. The van der Waals surface area contributed by atoms with Gasteiger partial charge in [-0.05, 0) is 48.9 Å². The Morgan fingerprint density at radius 3 is 2.43 bits per heavy atom. The maximum Gasteiger partial charge on any atom is 0.255 e. The van der Waals surface area contributed by atoms with E-state index in [0.717, 1.165) is 36.3 Å². The summed E-state index contributed by atoms with van der Waals surface area (Å²) in [6, 6.07) is 18.4. The zero-order valence-electron chi connectivity index (χ0n) is 21.3. The van der Waals surface area contributed by atoms with Gasteiger partial charge in [0.2, 0.25) is 5.91 Å². The van der Waals surface area contributed by atoms with Gasteiger partial charge < -0.3 is 15.1 Å². The molecule has 1 fully saturated rings. The van der Waals surface area contributed by atoms with Gasteiger partial charge in [-0.1, -0.05) is 55.0 Å². The minimum absolute atomic E-state index is 0.0400. The van der Waals surface area contributed by atoms with E-state index in [9.17, 15) is 14.4 Å². The molecule has 0 atom stereocenters. The van der Waals surface area contributed by atoms with E-state index in [-0.39, 0.29) is 17.6 Å². The average molecular weight is 497 g/mol. The lowest BCUT2D eigenvalue weighted by Crippen LogP contribution is -2.48. The summed E-state index contributed by atoms with van der Waals surface area (Å²) in [6.07, 6.45) is 4.92. The van der Waals surface area contributed by atoms with Crippen LogP contribution in [0.3, 0.4) is 0 Å². The second kappa shape index (κ2) is 12.2. The molecule has 0 aliphatic carbocycles. The fraction of sp³-hybridized carbons (Fsp3) is 0.267. The third-order valence-electron chi connectivity index (χ3n) is 6.45. The number of piperazine rings is 1. The topological polar surface area (TPSA) is 82.6 Å². The Bertz CT molecular complexity index is 1290. The Kier molecular flexibility index (Phi) is 8.59. The molecule has 0 saturated carbocycles. The number of Topliss-reactive ketones (excluding diaryl/α,β-unsaturated/α-hetero) is 1. The quantitative estimate of drug-likeness (QED) is 0.373. The van der Waals surface area contributed by atoms with Crippen molar-refractivity contribution < 1.29 is 14.4 Å². The first-order chi connectivity index (χ1) is 17.9. The number of aryl methyl sites for hydroxylation is 1. The van der Waals surface area contributed by atoms with Gasteiger partial charge in [-0.3, -0.25) is 14.4 Å². The van der Waals surface area contributed by atoms with E-state index in [1.165, 1.54) is 12.3 Å². The molecule has 4 rings (SSSR count). The van der Waals surface area contributed by atoms with Crippen LogP contribution in [0.2, 0.25) is 0 Å². The van der Waals surface area contributed by atoms with E-state index in [0.29, 0.717) is 36.5 Å². The summed E-state index contributed by atoms with van der Waals surface area (Å²) in [5.74, 6) is 0.0589. The Morgan fingerprint density at radius 2 is 1.73 bits per heavy atom. The second-order valence-electron chi connectivity index (χ2n) is 9.20.